The summed E-state index contributed by atoms with van der Waals surface area (Å²) in [6.45, 7) is 6.56. The molecule has 3 nitrogen and oxygen atoms in total. The van der Waals surface area contributed by atoms with Crippen molar-refractivity contribution < 1.29 is 4.39 Å². The molecule has 0 saturated carbocycles. The van der Waals surface area contributed by atoms with E-state index >= 15 is 0 Å². The molecule has 0 aliphatic rings. The molecule has 0 aliphatic carbocycles. The van der Waals surface area contributed by atoms with Gasteiger partial charge in [-0.25, -0.2) is 0 Å². The second-order valence-corrected chi connectivity index (χ2v) is 6.16. The van der Waals surface area contributed by atoms with Gasteiger partial charge in [0.05, 0.1) is 0 Å². The molecule has 0 saturated heterocycles. The van der Waals surface area contributed by atoms with Crippen molar-refractivity contribution in [3.63, 3.8) is 0 Å². The molecule has 1 unspecified atom stereocenters. The smallest absolute Gasteiger partial charge is 0.185 e. The molecule has 1 aromatic heterocycles. The van der Waals surface area contributed by atoms with Gasteiger partial charge in [-0.2, -0.15) is 14.3 Å². The van der Waals surface area contributed by atoms with Crippen molar-refractivity contribution in [2.24, 2.45) is 7.05 Å². The third-order valence-corrected chi connectivity index (χ3v) is 4.16. The number of unbranched alkanes of at least 4 members (excludes halogenated alkanes) is 5. The van der Waals surface area contributed by atoms with Crippen molar-refractivity contribution in [3.05, 3.63) is 11.6 Å². The summed E-state index contributed by atoms with van der Waals surface area (Å²) in [5.41, 5.74) is 0.397. The first kappa shape index (κ1) is 17.1. The molecule has 20 heavy (non-hydrogen) atoms. The fourth-order valence-corrected chi connectivity index (χ4v) is 2.82. The molecular weight excluding hydrogens is 253 g/mol. The molecule has 0 spiro atoms. The predicted octanol–water partition coefficient (Wildman–Crippen LogP) is 4.76. The third kappa shape index (κ3) is 4.88. The molecule has 0 bridgehead atoms. The summed E-state index contributed by atoms with van der Waals surface area (Å²) in [6, 6.07) is 0. The first-order chi connectivity index (χ1) is 9.53. The molecule has 116 valence electrons. The van der Waals surface area contributed by atoms with Gasteiger partial charge < -0.3 is 0 Å². The Kier molecular flexibility index (Phi) is 7.17. The van der Waals surface area contributed by atoms with Crippen LogP contribution >= 0.6 is 0 Å². The van der Waals surface area contributed by atoms with Crippen molar-refractivity contribution in [2.45, 2.75) is 84.0 Å². The van der Waals surface area contributed by atoms with Gasteiger partial charge in [0.1, 0.15) is 5.69 Å². The Labute approximate surface area is 123 Å². The molecular formula is C16H30FN3. The summed E-state index contributed by atoms with van der Waals surface area (Å²) in [4.78, 5) is 1.36. The number of aromatic nitrogens is 3. The van der Waals surface area contributed by atoms with Crippen LogP contribution in [0.5, 0.6) is 0 Å². The van der Waals surface area contributed by atoms with Crippen molar-refractivity contribution in [1.82, 2.24) is 15.0 Å². The van der Waals surface area contributed by atoms with Crippen molar-refractivity contribution >= 4 is 0 Å². The van der Waals surface area contributed by atoms with Gasteiger partial charge in [0, 0.05) is 12.5 Å². The summed E-state index contributed by atoms with van der Waals surface area (Å²) in [5, 5.41) is 8.08. The second kappa shape index (κ2) is 8.38. The van der Waals surface area contributed by atoms with Crippen LogP contribution in [0.2, 0.25) is 0 Å². The molecule has 0 amide bonds. The summed E-state index contributed by atoms with van der Waals surface area (Å²) in [7, 11) is 1.69. The second-order valence-electron chi connectivity index (χ2n) is 6.16. The molecule has 0 N–H and O–H groups in total. The zero-order chi connectivity index (χ0) is 15.0. The van der Waals surface area contributed by atoms with Crippen LogP contribution in [0, 0.1) is 5.95 Å². The van der Waals surface area contributed by atoms with Crippen LogP contribution in [-0.2, 0) is 12.5 Å². The van der Waals surface area contributed by atoms with Crippen LogP contribution in [0.4, 0.5) is 4.39 Å². The van der Waals surface area contributed by atoms with Gasteiger partial charge in [-0.05, 0) is 12.8 Å². The monoisotopic (exact) mass is 283 g/mol. The summed E-state index contributed by atoms with van der Waals surface area (Å²) < 4.78 is 14.0. The van der Waals surface area contributed by atoms with Crippen molar-refractivity contribution in [1.29, 1.82) is 0 Å². The van der Waals surface area contributed by atoms with Gasteiger partial charge >= 0.3 is 0 Å². The van der Waals surface area contributed by atoms with Crippen LogP contribution in [-0.4, -0.2) is 15.0 Å². The summed E-state index contributed by atoms with van der Waals surface area (Å²) >= 11 is 0. The maximum atomic E-state index is 14.0. The van der Waals surface area contributed by atoms with Crippen LogP contribution in [0.3, 0.4) is 0 Å². The highest BCUT2D eigenvalue weighted by atomic mass is 19.1. The molecule has 0 fully saturated rings. The first-order valence-corrected chi connectivity index (χ1v) is 8.10. The summed E-state index contributed by atoms with van der Waals surface area (Å²) in [5.74, 6) is -0.387. The molecule has 1 atom stereocenters. The van der Waals surface area contributed by atoms with Crippen molar-refractivity contribution in [3.8, 4) is 0 Å². The molecule has 0 aromatic carbocycles. The average Bonchev–Trinajstić information content (AvgIpc) is 2.75. The number of aryl methyl sites for hydroxylation is 1. The SMILES string of the molecule is CCCCCCC(C)(CCCCC)c1nn(C)nc1F. The predicted molar refractivity (Wildman–Crippen MR) is 81.2 cm³/mol. The van der Waals surface area contributed by atoms with E-state index in [0.717, 1.165) is 25.7 Å². The van der Waals surface area contributed by atoms with E-state index in [4.69, 9.17) is 0 Å². The lowest BCUT2D eigenvalue weighted by Crippen LogP contribution is -2.24. The van der Waals surface area contributed by atoms with Gasteiger partial charge in [-0.1, -0.05) is 65.7 Å². The van der Waals surface area contributed by atoms with Crippen LogP contribution in [0.1, 0.15) is 84.3 Å². The van der Waals surface area contributed by atoms with E-state index in [0.29, 0.717) is 5.69 Å². The van der Waals surface area contributed by atoms with Gasteiger partial charge in [0.15, 0.2) is 0 Å². The molecule has 1 heterocycles. The zero-order valence-corrected chi connectivity index (χ0v) is 13.6. The standard InChI is InChI=1S/C16H30FN3/c1-5-7-9-11-13-16(3,12-10-8-6-2)14-15(17)19-20(4)18-14/h5-13H2,1-4H3. The van der Waals surface area contributed by atoms with Gasteiger partial charge in [0.25, 0.3) is 5.95 Å². The Balaban J connectivity index is 2.74. The lowest BCUT2D eigenvalue weighted by atomic mass is 9.77. The lowest BCUT2D eigenvalue weighted by Gasteiger charge is -2.27. The topological polar surface area (TPSA) is 30.7 Å². The Bertz CT molecular complexity index is 389. The highest BCUT2D eigenvalue weighted by Gasteiger charge is 2.32. The maximum absolute atomic E-state index is 14.0. The normalized spacial score (nSPS) is 14.4. The number of halogens is 1. The number of rotatable bonds is 10. The minimum Gasteiger partial charge on any atom is -0.185 e. The maximum Gasteiger partial charge on any atom is 0.256 e. The van der Waals surface area contributed by atoms with E-state index in [1.165, 1.54) is 36.9 Å². The van der Waals surface area contributed by atoms with Gasteiger partial charge in [-0.3, -0.25) is 0 Å². The Morgan fingerprint density at radius 3 is 2.00 bits per heavy atom. The average molecular weight is 283 g/mol. The van der Waals surface area contributed by atoms with Crippen molar-refractivity contribution in [2.75, 3.05) is 0 Å². The van der Waals surface area contributed by atoms with Crippen LogP contribution < -0.4 is 0 Å². The van der Waals surface area contributed by atoms with E-state index in [2.05, 4.69) is 31.0 Å². The minimum absolute atomic E-state index is 0.165. The number of nitrogens with zero attached hydrogens (tertiary/aromatic N) is 3. The van der Waals surface area contributed by atoms with E-state index in [1.54, 1.807) is 7.05 Å². The molecule has 0 aliphatic heterocycles. The highest BCUT2D eigenvalue weighted by molar-refractivity contribution is 5.12. The van der Waals surface area contributed by atoms with Crippen LogP contribution in [0.15, 0.2) is 0 Å². The van der Waals surface area contributed by atoms with E-state index in [-0.39, 0.29) is 11.4 Å². The van der Waals surface area contributed by atoms with Gasteiger partial charge in [0.2, 0.25) is 0 Å². The first-order valence-electron chi connectivity index (χ1n) is 8.10. The molecule has 4 heteroatoms. The number of hydrogen-bond donors (Lipinski definition) is 0. The highest BCUT2D eigenvalue weighted by Crippen LogP contribution is 2.35. The zero-order valence-electron chi connectivity index (χ0n) is 13.6. The Hall–Kier alpha value is -0.930. The number of hydrogen-bond acceptors (Lipinski definition) is 2. The van der Waals surface area contributed by atoms with E-state index in [1.807, 2.05) is 0 Å². The fraction of sp³-hybridized carbons (Fsp3) is 0.875. The molecule has 1 rings (SSSR count). The summed E-state index contributed by atoms with van der Waals surface area (Å²) in [6.07, 6.45) is 10.4. The Morgan fingerprint density at radius 1 is 0.950 bits per heavy atom. The largest absolute Gasteiger partial charge is 0.256 e. The quantitative estimate of drug-likeness (QED) is 0.579. The van der Waals surface area contributed by atoms with E-state index in [9.17, 15) is 4.39 Å². The molecule has 0 radical (unpaired) electrons. The third-order valence-electron chi connectivity index (χ3n) is 4.16. The fourth-order valence-electron chi connectivity index (χ4n) is 2.82. The van der Waals surface area contributed by atoms with Crippen LogP contribution in [0.25, 0.3) is 0 Å². The lowest BCUT2D eigenvalue weighted by molar-refractivity contribution is 0.341. The van der Waals surface area contributed by atoms with Gasteiger partial charge in [-0.15, -0.1) is 5.10 Å². The molecule has 1 aromatic rings. The Morgan fingerprint density at radius 2 is 1.50 bits per heavy atom. The minimum atomic E-state index is -0.387. The van der Waals surface area contributed by atoms with E-state index < -0.39 is 0 Å².